The van der Waals surface area contributed by atoms with Crippen molar-refractivity contribution in [1.29, 1.82) is 0 Å². The second kappa shape index (κ2) is 6.46. The monoisotopic (exact) mass is 256 g/mol. The minimum atomic E-state index is 0.780. The van der Waals surface area contributed by atoms with Crippen molar-refractivity contribution in [3.8, 4) is 0 Å². The third-order valence-electron chi connectivity index (χ3n) is 3.76. The molecule has 0 unspecified atom stereocenters. The number of hydrogen-bond donors (Lipinski definition) is 2. The smallest absolute Gasteiger partial charge is 0.0447 e. The third-order valence-corrected chi connectivity index (χ3v) is 3.76. The van der Waals surface area contributed by atoms with Gasteiger partial charge in [-0.1, -0.05) is 56.9 Å². The fourth-order valence-corrected chi connectivity index (χ4v) is 2.62. The number of hydrogen-bond acceptors (Lipinski definition) is 2. The van der Waals surface area contributed by atoms with Crippen LogP contribution in [0.3, 0.4) is 0 Å². The molecule has 0 aliphatic carbocycles. The van der Waals surface area contributed by atoms with E-state index >= 15 is 0 Å². The summed E-state index contributed by atoms with van der Waals surface area (Å²) < 4.78 is 0. The first-order chi connectivity index (χ1) is 9.24. The molecule has 0 fully saturated rings. The second-order valence-corrected chi connectivity index (χ2v) is 5.25. The molecule has 0 aromatic heterocycles. The van der Waals surface area contributed by atoms with E-state index in [2.05, 4.69) is 25.1 Å². The summed E-state index contributed by atoms with van der Waals surface area (Å²) in [4.78, 5) is 0. The SMILES string of the molecule is CCCCCCCc1ccc2cccc(N)c2c1N. The van der Waals surface area contributed by atoms with Crippen molar-refractivity contribution in [1.82, 2.24) is 0 Å². The van der Waals surface area contributed by atoms with E-state index in [-0.39, 0.29) is 0 Å². The van der Waals surface area contributed by atoms with E-state index in [0.717, 1.165) is 28.6 Å². The van der Waals surface area contributed by atoms with Crippen LogP contribution in [-0.4, -0.2) is 0 Å². The van der Waals surface area contributed by atoms with Gasteiger partial charge < -0.3 is 11.5 Å². The Morgan fingerprint density at radius 2 is 1.68 bits per heavy atom. The average Bonchev–Trinajstić information content (AvgIpc) is 2.41. The molecular formula is C17H24N2. The number of nitrogens with two attached hydrogens (primary N) is 2. The van der Waals surface area contributed by atoms with Crippen molar-refractivity contribution < 1.29 is 0 Å². The van der Waals surface area contributed by atoms with Crippen LogP contribution in [0.4, 0.5) is 11.4 Å². The topological polar surface area (TPSA) is 52.0 Å². The molecule has 0 aliphatic heterocycles. The largest absolute Gasteiger partial charge is 0.398 e. The summed E-state index contributed by atoms with van der Waals surface area (Å²) in [6.45, 7) is 2.24. The molecule has 0 heterocycles. The molecule has 0 spiro atoms. The van der Waals surface area contributed by atoms with Gasteiger partial charge in [0.05, 0.1) is 0 Å². The van der Waals surface area contributed by atoms with E-state index in [1.54, 1.807) is 0 Å². The molecule has 0 atom stereocenters. The summed E-state index contributed by atoms with van der Waals surface area (Å²) in [6, 6.07) is 10.2. The van der Waals surface area contributed by atoms with Gasteiger partial charge in [0.2, 0.25) is 0 Å². The minimum Gasteiger partial charge on any atom is -0.398 e. The van der Waals surface area contributed by atoms with Crippen molar-refractivity contribution in [3.05, 3.63) is 35.9 Å². The predicted octanol–water partition coefficient (Wildman–Crippen LogP) is 4.52. The minimum absolute atomic E-state index is 0.780. The molecule has 2 aromatic carbocycles. The summed E-state index contributed by atoms with van der Waals surface area (Å²) in [6.07, 6.45) is 7.50. The summed E-state index contributed by atoms with van der Waals surface area (Å²) in [5.74, 6) is 0. The zero-order chi connectivity index (χ0) is 13.7. The van der Waals surface area contributed by atoms with Crippen LogP contribution >= 0.6 is 0 Å². The van der Waals surface area contributed by atoms with Crippen molar-refractivity contribution in [2.45, 2.75) is 45.4 Å². The van der Waals surface area contributed by atoms with Gasteiger partial charge in [-0.25, -0.2) is 0 Å². The number of anilines is 2. The summed E-state index contributed by atoms with van der Waals surface area (Å²) >= 11 is 0. The molecule has 2 rings (SSSR count). The third kappa shape index (κ3) is 3.19. The predicted molar refractivity (Wildman–Crippen MR) is 85.2 cm³/mol. The zero-order valence-electron chi connectivity index (χ0n) is 11.8. The van der Waals surface area contributed by atoms with E-state index in [0.29, 0.717) is 0 Å². The molecule has 2 heteroatoms. The Morgan fingerprint density at radius 1 is 0.895 bits per heavy atom. The van der Waals surface area contributed by atoms with Crippen LogP contribution in [0.15, 0.2) is 30.3 Å². The fourth-order valence-electron chi connectivity index (χ4n) is 2.62. The molecule has 0 saturated carbocycles. The molecule has 0 amide bonds. The molecule has 0 radical (unpaired) electrons. The van der Waals surface area contributed by atoms with Gasteiger partial charge in [0.1, 0.15) is 0 Å². The van der Waals surface area contributed by atoms with Crippen LogP contribution in [0, 0.1) is 0 Å². The van der Waals surface area contributed by atoms with E-state index in [9.17, 15) is 0 Å². The highest BCUT2D eigenvalue weighted by Crippen LogP contribution is 2.30. The Bertz CT molecular complexity index is 546. The Hall–Kier alpha value is -1.70. The van der Waals surface area contributed by atoms with Gasteiger partial charge in [0.25, 0.3) is 0 Å². The molecule has 0 saturated heterocycles. The Kier molecular flexibility index (Phi) is 4.67. The van der Waals surface area contributed by atoms with Gasteiger partial charge >= 0.3 is 0 Å². The average molecular weight is 256 g/mol. The highest BCUT2D eigenvalue weighted by atomic mass is 14.6. The molecule has 0 aliphatic rings. The highest BCUT2D eigenvalue weighted by Gasteiger charge is 2.06. The summed E-state index contributed by atoms with van der Waals surface area (Å²) in [7, 11) is 0. The molecule has 4 N–H and O–H groups in total. The Balaban J connectivity index is 2.12. The van der Waals surface area contributed by atoms with Crippen LogP contribution in [0.1, 0.15) is 44.6 Å². The first-order valence-corrected chi connectivity index (χ1v) is 7.29. The number of rotatable bonds is 6. The van der Waals surface area contributed by atoms with Crippen LogP contribution < -0.4 is 11.5 Å². The van der Waals surface area contributed by atoms with Crippen LogP contribution in [0.5, 0.6) is 0 Å². The van der Waals surface area contributed by atoms with Gasteiger partial charge in [0.15, 0.2) is 0 Å². The second-order valence-electron chi connectivity index (χ2n) is 5.25. The van der Waals surface area contributed by atoms with Gasteiger partial charge in [-0.3, -0.25) is 0 Å². The first kappa shape index (κ1) is 13.7. The molecule has 2 nitrogen and oxygen atoms in total. The Labute approximate surface area is 115 Å². The summed E-state index contributed by atoms with van der Waals surface area (Å²) in [5, 5.41) is 2.15. The highest BCUT2D eigenvalue weighted by molar-refractivity contribution is 6.02. The molecule has 19 heavy (non-hydrogen) atoms. The van der Waals surface area contributed by atoms with Crippen molar-refractivity contribution >= 4 is 22.1 Å². The van der Waals surface area contributed by atoms with Crippen molar-refractivity contribution in [2.24, 2.45) is 0 Å². The quantitative estimate of drug-likeness (QED) is 0.590. The van der Waals surface area contributed by atoms with Gasteiger partial charge in [0, 0.05) is 16.8 Å². The lowest BCUT2D eigenvalue weighted by Crippen LogP contribution is -1.98. The lowest BCUT2D eigenvalue weighted by Gasteiger charge is -2.11. The first-order valence-electron chi connectivity index (χ1n) is 7.29. The molecule has 0 bridgehead atoms. The molecular weight excluding hydrogens is 232 g/mol. The van der Waals surface area contributed by atoms with Gasteiger partial charge in [-0.15, -0.1) is 0 Å². The van der Waals surface area contributed by atoms with Crippen molar-refractivity contribution in [3.63, 3.8) is 0 Å². The molecule has 2 aromatic rings. The maximum atomic E-state index is 6.28. The lowest BCUT2D eigenvalue weighted by atomic mass is 9.98. The van der Waals surface area contributed by atoms with Crippen LogP contribution in [0.25, 0.3) is 10.8 Å². The van der Waals surface area contributed by atoms with Crippen LogP contribution in [-0.2, 0) is 6.42 Å². The number of fused-ring (bicyclic) bond motifs is 1. The van der Waals surface area contributed by atoms with E-state index < -0.39 is 0 Å². The van der Waals surface area contributed by atoms with E-state index in [4.69, 9.17) is 11.5 Å². The van der Waals surface area contributed by atoms with Gasteiger partial charge in [-0.2, -0.15) is 0 Å². The number of benzene rings is 2. The Morgan fingerprint density at radius 3 is 2.47 bits per heavy atom. The maximum absolute atomic E-state index is 6.28. The maximum Gasteiger partial charge on any atom is 0.0447 e. The standard InChI is InChI=1S/C17H24N2/c1-2-3-4-5-6-8-14-12-11-13-9-7-10-15(18)16(13)17(14)19/h7,9-12H,2-6,8,18-19H2,1H3. The molecule has 102 valence electrons. The lowest BCUT2D eigenvalue weighted by molar-refractivity contribution is 0.633. The normalized spacial score (nSPS) is 11.0. The van der Waals surface area contributed by atoms with Gasteiger partial charge in [-0.05, 0) is 29.9 Å². The fraction of sp³-hybridized carbons (Fsp3) is 0.412. The number of nitrogen functional groups attached to an aromatic ring is 2. The number of aryl methyl sites for hydroxylation is 1. The van der Waals surface area contributed by atoms with E-state index in [1.807, 2.05) is 12.1 Å². The number of unbranched alkanes of at least 4 members (excludes halogenated alkanes) is 4. The zero-order valence-corrected chi connectivity index (χ0v) is 11.8. The van der Waals surface area contributed by atoms with Crippen LogP contribution in [0.2, 0.25) is 0 Å². The van der Waals surface area contributed by atoms with Crippen molar-refractivity contribution in [2.75, 3.05) is 11.5 Å². The summed E-state index contributed by atoms with van der Waals surface area (Å²) in [5.41, 5.74) is 15.2. The van der Waals surface area contributed by atoms with E-state index in [1.165, 1.54) is 37.7 Å².